The van der Waals surface area contributed by atoms with Gasteiger partial charge in [0.25, 0.3) is 0 Å². The van der Waals surface area contributed by atoms with Crippen molar-refractivity contribution in [2.24, 2.45) is 0 Å². The number of anilines is 1. The summed E-state index contributed by atoms with van der Waals surface area (Å²) in [7, 11) is 0. The maximum Gasteiger partial charge on any atom is 0.0340 e. The molecule has 1 N–H and O–H groups in total. The largest absolute Gasteiger partial charge is 0.385 e. The van der Waals surface area contributed by atoms with E-state index >= 15 is 0 Å². The van der Waals surface area contributed by atoms with E-state index in [1.807, 2.05) is 0 Å². The predicted molar refractivity (Wildman–Crippen MR) is 81.7 cm³/mol. The Balaban J connectivity index is 1.87. The normalized spacial score (nSPS) is 11.5. The molecule has 96 valence electrons. The molecule has 0 atom stereocenters. The molecule has 0 saturated heterocycles. The Morgan fingerprint density at radius 2 is 1.78 bits per heavy atom. The van der Waals surface area contributed by atoms with Crippen molar-refractivity contribution >= 4 is 17.0 Å². The van der Waals surface area contributed by atoms with Crippen molar-refractivity contribution in [2.75, 3.05) is 11.9 Å². The van der Waals surface area contributed by atoms with E-state index in [1.165, 1.54) is 16.8 Å². The molecule has 0 fully saturated rings. The molecule has 0 saturated carbocycles. The third-order valence-electron chi connectivity index (χ3n) is 3.07. The number of benzene rings is 1. The minimum absolute atomic E-state index is 0.231. The molecule has 2 rings (SSSR count). The number of hydrogen-bond donors (Lipinski definition) is 1. The quantitative estimate of drug-likeness (QED) is 0.839. The van der Waals surface area contributed by atoms with Crippen LogP contribution in [0.15, 0.2) is 41.1 Å². The van der Waals surface area contributed by atoms with Crippen LogP contribution in [-0.2, 0) is 11.8 Å². The van der Waals surface area contributed by atoms with Crippen molar-refractivity contribution in [3.63, 3.8) is 0 Å². The molecule has 0 amide bonds. The van der Waals surface area contributed by atoms with Crippen LogP contribution in [0.4, 0.5) is 5.69 Å². The number of rotatable bonds is 4. The van der Waals surface area contributed by atoms with Gasteiger partial charge in [0.2, 0.25) is 0 Å². The minimum Gasteiger partial charge on any atom is -0.385 e. The SMILES string of the molecule is CC(C)(C)c1ccc(NCCc2ccsc2)cc1. The molecule has 0 spiro atoms. The van der Waals surface area contributed by atoms with Crippen LogP contribution < -0.4 is 5.32 Å². The third-order valence-corrected chi connectivity index (χ3v) is 3.81. The van der Waals surface area contributed by atoms with Gasteiger partial charge in [-0.25, -0.2) is 0 Å². The van der Waals surface area contributed by atoms with Gasteiger partial charge < -0.3 is 5.32 Å². The van der Waals surface area contributed by atoms with Crippen molar-refractivity contribution in [1.82, 2.24) is 0 Å². The summed E-state index contributed by atoms with van der Waals surface area (Å²) in [4.78, 5) is 0. The van der Waals surface area contributed by atoms with E-state index in [-0.39, 0.29) is 5.41 Å². The van der Waals surface area contributed by atoms with E-state index in [4.69, 9.17) is 0 Å². The van der Waals surface area contributed by atoms with Crippen LogP contribution in [0.5, 0.6) is 0 Å². The molecule has 18 heavy (non-hydrogen) atoms. The lowest BCUT2D eigenvalue weighted by atomic mass is 9.87. The summed E-state index contributed by atoms with van der Waals surface area (Å²) in [5.41, 5.74) is 4.23. The standard InChI is InChI=1S/C16H21NS/c1-16(2,3)14-4-6-15(7-5-14)17-10-8-13-9-11-18-12-13/h4-7,9,11-12,17H,8,10H2,1-3H3. The second-order valence-electron chi connectivity index (χ2n) is 5.64. The summed E-state index contributed by atoms with van der Waals surface area (Å²) in [6.07, 6.45) is 1.09. The maximum absolute atomic E-state index is 3.47. The predicted octanol–water partition coefficient (Wildman–Crippen LogP) is 4.70. The fraction of sp³-hybridized carbons (Fsp3) is 0.375. The van der Waals surface area contributed by atoms with Crippen molar-refractivity contribution in [3.05, 3.63) is 52.2 Å². The van der Waals surface area contributed by atoms with Gasteiger partial charge in [0.1, 0.15) is 0 Å². The van der Waals surface area contributed by atoms with Crippen LogP contribution >= 0.6 is 11.3 Å². The average Bonchev–Trinajstić information content (AvgIpc) is 2.82. The molecule has 1 aromatic carbocycles. The average molecular weight is 259 g/mol. The molecular weight excluding hydrogens is 238 g/mol. The molecule has 0 bridgehead atoms. The summed E-state index contributed by atoms with van der Waals surface area (Å²) in [6.45, 7) is 7.72. The Bertz CT molecular complexity index is 463. The molecule has 0 aliphatic heterocycles. The number of thiophene rings is 1. The summed E-state index contributed by atoms with van der Waals surface area (Å²) >= 11 is 1.76. The summed E-state index contributed by atoms with van der Waals surface area (Å²) in [5, 5.41) is 7.81. The molecule has 1 aromatic heterocycles. The van der Waals surface area contributed by atoms with Gasteiger partial charge in [-0.1, -0.05) is 32.9 Å². The topological polar surface area (TPSA) is 12.0 Å². The third kappa shape index (κ3) is 3.61. The molecular formula is C16H21NS. The van der Waals surface area contributed by atoms with Gasteiger partial charge in [0.05, 0.1) is 0 Å². The zero-order valence-electron chi connectivity index (χ0n) is 11.4. The summed E-state index contributed by atoms with van der Waals surface area (Å²) in [6, 6.07) is 11.0. The van der Waals surface area contributed by atoms with Gasteiger partial charge in [-0.3, -0.25) is 0 Å². The van der Waals surface area contributed by atoms with Crippen LogP contribution in [0.2, 0.25) is 0 Å². The van der Waals surface area contributed by atoms with E-state index in [0.29, 0.717) is 0 Å². The maximum atomic E-state index is 3.47. The van der Waals surface area contributed by atoms with Crippen LogP contribution in [0.1, 0.15) is 31.9 Å². The highest BCUT2D eigenvalue weighted by atomic mass is 32.1. The first-order valence-electron chi connectivity index (χ1n) is 6.41. The summed E-state index contributed by atoms with van der Waals surface area (Å²) in [5.74, 6) is 0. The van der Waals surface area contributed by atoms with E-state index in [1.54, 1.807) is 11.3 Å². The van der Waals surface area contributed by atoms with E-state index < -0.39 is 0 Å². The van der Waals surface area contributed by atoms with Gasteiger partial charge in [-0.15, -0.1) is 0 Å². The minimum atomic E-state index is 0.231. The number of nitrogens with one attached hydrogen (secondary N) is 1. The molecule has 0 aliphatic carbocycles. The second kappa shape index (κ2) is 5.57. The first-order valence-corrected chi connectivity index (χ1v) is 7.35. The molecule has 0 aliphatic rings. The molecule has 2 aromatic rings. The van der Waals surface area contributed by atoms with Crippen molar-refractivity contribution < 1.29 is 0 Å². The molecule has 0 unspecified atom stereocenters. The Morgan fingerprint density at radius 3 is 2.33 bits per heavy atom. The Hall–Kier alpha value is -1.28. The van der Waals surface area contributed by atoms with E-state index in [2.05, 4.69) is 67.2 Å². The fourth-order valence-electron chi connectivity index (χ4n) is 1.87. The van der Waals surface area contributed by atoms with E-state index in [0.717, 1.165) is 13.0 Å². The Kier molecular flexibility index (Phi) is 4.07. The van der Waals surface area contributed by atoms with Crippen LogP contribution in [0.25, 0.3) is 0 Å². The first-order chi connectivity index (χ1) is 8.55. The van der Waals surface area contributed by atoms with Gasteiger partial charge in [0.15, 0.2) is 0 Å². The molecule has 1 nitrogen and oxygen atoms in total. The zero-order chi connectivity index (χ0) is 13.0. The lowest BCUT2D eigenvalue weighted by Gasteiger charge is -2.19. The van der Waals surface area contributed by atoms with Crippen molar-refractivity contribution in [2.45, 2.75) is 32.6 Å². The smallest absolute Gasteiger partial charge is 0.0340 e. The number of hydrogen-bond acceptors (Lipinski definition) is 2. The van der Waals surface area contributed by atoms with Crippen LogP contribution in [-0.4, -0.2) is 6.54 Å². The first kappa shape index (κ1) is 13.2. The highest BCUT2D eigenvalue weighted by Gasteiger charge is 2.12. The molecule has 0 radical (unpaired) electrons. The van der Waals surface area contributed by atoms with Crippen molar-refractivity contribution in [1.29, 1.82) is 0 Å². The lowest BCUT2D eigenvalue weighted by Crippen LogP contribution is -2.11. The Labute approximate surface area is 114 Å². The fourth-order valence-corrected chi connectivity index (χ4v) is 2.58. The van der Waals surface area contributed by atoms with Gasteiger partial charge in [-0.2, -0.15) is 11.3 Å². The van der Waals surface area contributed by atoms with Crippen LogP contribution in [0, 0.1) is 0 Å². The lowest BCUT2D eigenvalue weighted by molar-refractivity contribution is 0.590. The highest BCUT2D eigenvalue weighted by molar-refractivity contribution is 7.07. The van der Waals surface area contributed by atoms with Gasteiger partial charge in [0, 0.05) is 12.2 Å². The van der Waals surface area contributed by atoms with Gasteiger partial charge in [-0.05, 0) is 51.9 Å². The Morgan fingerprint density at radius 1 is 1.06 bits per heavy atom. The zero-order valence-corrected chi connectivity index (χ0v) is 12.2. The molecule has 2 heteroatoms. The van der Waals surface area contributed by atoms with E-state index in [9.17, 15) is 0 Å². The molecule has 1 heterocycles. The monoisotopic (exact) mass is 259 g/mol. The van der Waals surface area contributed by atoms with Gasteiger partial charge >= 0.3 is 0 Å². The highest BCUT2D eigenvalue weighted by Crippen LogP contribution is 2.23. The summed E-state index contributed by atoms with van der Waals surface area (Å²) < 4.78 is 0. The van der Waals surface area contributed by atoms with Crippen molar-refractivity contribution in [3.8, 4) is 0 Å². The van der Waals surface area contributed by atoms with Crippen LogP contribution in [0.3, 0.4) is 0 Å². The second-order valence-corrected chi connectivity index (χ2v) is 6.42.